The summed E-state index contributed by atoms with van der Waals surface area (Å²) in [4.78, 5) is 31.1. The Bertz CT molecular complexity index is 1400. The number of amides is 1. The fourth-order valence-electron chi connectivity index (χ4n) is 3.42. The van der Waals surface area contributed by atoms with Crippen molar-refractivity contribution in [1.82, 2.24) is 4.98 Å². The average molecular weight is 525 g/mol. The number of aromatic nitrogens is 1. The lowest BCUT2D eigenvalue weighted by atomic mass is 10.1. The largest absolute Gasteiger partial charge is 0.489 e. The van der Waals surface area contributed by atoms with E-state index in [0.29, 0.717) is 17.9 Å². The van der Waals surface area contributed by atoms with Gasteiger partial charge in [0, 0.05) is 11.3 Å². The van der Waals surface area contributed by atoms with Gasteiger partial charge in [-0.15, -0.1) is 0 Å². The van der Waals surface area contributed by atoms with Crippen LogP contribution in [-0.2, 0) is 11.4 Å². The van der Waals surface area contributed by atoms with Gasteiger partial charge in [0.15, 0.2) is 5.13 Å². The highest BCUT2D eigenvalue weighted by atomic mass is 35.5. The molecule has 0 radical (unpaired) electrons. The quantitative estimate of drug-likeness (QED) is 0.286. The van der Waals surface area contributed by atoms with Gasteiger partial charge in [-0.05, 0) is 55.0 Å². The highest BCUT2D eigenvalue weighted by molar-refractivity contribution is 7.18. The molecule has 3 aromatic carbocycles. The SMILES string of the molecule is C[C@@H](C(N)=O)N(c1ccc(Cl)c(F)c1)c1nc(N)c(C(=O)c2ccc(OCc3ccccc3)cc2)s1. The van der Waals surface area contributed by atoms with E-state index in [1.165, 1.54) is 17.0 Å². The van der Waals surface area contributed by atoms with Crippen LogP contribution in [0.2, 0.25) is 5.02 Å². The van der Waals surface area contributed by atoms with Crippen molar-refractivity contribution in [2.24, 2.45) is 5.73 Å². The number of thiazole rings is 1. The van der Waals surface area contributed by atoms with Crippen LogP contribution in [0.15, 0.2) is 72.8 Å². The van der Waals surface area contributed by atoms with E-state index in [0.717, 1.165) is 23.0 Å². The summed E-state index contributed by atoms with van der Waals surface area (Å²) < 4.78 is 19.9. The van der Waals surface area contributed by atoms with Gasteiger partial charge in [-0.3, -0.25) is 9.59 Å². The fraction of sp³-hybridized carbons (Fsp3) is 0.115. The van der Waals surface area contributed by atoms with Crippen LogP contribution in [-0.4, -0.2) is 22.7 Å². The number of carbonyl (C=O) groups excluding carboxylic acids is 2. The first kappa shape index (κ1) is 25.2. The molecule has 4 rings (SSSR count). The van der Waals surface area contributed by atoms with Gasteiger partial charge >= 0.3 is 0 Å². The Labute approximate surface area is 216 Å². The summed E-state index contributed by atoms with van der Waals surface area (Å²) in [5.41, 5.74) is 13.3. The number of carbonyl (C=O) groups is 2. The van der Waals surface area contributed by atoms with Crippen LogP contribution < -0.4 is 21.1 Å². The minimum atomic E-state index is -0.903. The van der Waals surface area contributed by atoms with Gasteiger partial charge in [0.2, 0.25) is 11.7 Å². The smallest absolute Gasteiger partial charge is 0.240 e. The van der Waals surface area contributed by atoms with Crippen molar-refractivity contribution in [2.45, 2.75) is 19.6 Å². The van der Waals surface area contributed by atoms with Crippen molar-refractivity contribution < 1.29 is 18.7 Å². The van der Waals surface area contributed by atoms with Crippen LogP contribution in [0.3, 0.4) is 0 Å². The topological polar surface area (TPSA) is 112 Å². The van der Waals surface area contributed by atoms with Gasteiger partial charge in [0.05, 0.1) is 5.02 Å². The molecular weight excluding hydrogens is 503 g/mol. The van der Waals surface area contributed by atoms with Crippen LogP contribution in [0, 0.1) is 5.82 Å². The third kappa shape index (κ3) is 5.48. The van der Waals surface area contributed by atoms with Crippen molar-refractivity contribution in [1.29, 1.82) is 0 Å². The number of halogens is 2. The number of ketones is 1. The lowest BCUT2D eigenvalue weighted by molar-refractivity contribution is -0.118. The summed E-state index contributed by atoms with van der Waals surface area (Å²) in [6.45, 7) is 1.94. The maximum atomic E-state index is 14.2. The zero-order chi connectivity index (χ0) is 25.8. The molecular formula is C26H22ClFN4O3S. The molecule has 0 aliphatic carbocycles. The second kappa shape index (κ2) is 10.8. The molecule has 1 atom stereocenters. The van der Waals surface area contributed by atoms with Crippen LogP contribution in [0.25, 0.3) is 0 Å². The summed E-state index contributed by atoms with van der Waals surface area (Å²) in [5, 5.41) is 0.142. The first-order chi connectivity index (χ1) is 17.2. The molecule has 1 heterocycles. The maximum Gasteiger partial charge on any atom is 0.240 e. The first-order valence-electron chi connectivity index (χ1n) is 10.9. The minimum Gasteiger partial charge on any atom is -0.489 e. The molecule has 0 aliphatic rings. The minimum absolute atomic E-state index is 0.0134. The number of ether oxygens (including phenoxy) is 1. The van der Waals surface area contributed by atoms with E-state index >= 15 is 0 Å². The molecule has 184 valence electrons. The highest BCUT2D eigenvalue weighted by Crippen LogP contribution is 2.37. The molecule has 0 saturated heterocycles. The first-order valence-corrected chi connectivity index (χ1v) is 12.1. The molecule has 0 bridgehead atoms. The Morgan fingerprint density at radius 2 is 1.81 bits per heavy atom. The fourth-order valence-corrected chi connectivity index (χ4v) is 4.59. The van der Waals surface area contributed by atoms with Gasteiger partial charge in [0.25, 0.3) is 0 Å². The lowest BCUT2D eigenvalue weighted by Crippen LogP contribution is -2.40. The predicted molar refractivity (Wildman–Crippen MR) is 139 cm³/mol. The zero-order valence-corrected chi connectivity index (χ0v) is 20.7. The normalized spacial score (nSPS) is 11.6. The third-order valence-corrected chi connectivity index (χ3v) is 6.78. The van der Waals surface area contributed by atoms with Crippen molar-refractivity contribution >= 4 is 51.3 Å². The van der Waals surface area contributed by atoms with Crippen LogP contribution in [0.5, 0.6) is 5.75 Å². The number of hydrogen-bond donors (Lipinski definition) is 2. The molecule has 10 heteroatoms. The van der Waals surface area contributed by atoms with E-state index in [2.05, 4.69) is 4.98 Å². The second-order valence-corrected chi connectivity index (χ2v) is 9.27. The summed E-state index contributed by atoms with van der Waals surface area (Å²) in [6.07, 6.45) is 0. The van der Waals surface area contributed by atoms with Crippen molar-refractivity contribution in [3.05, 3.63) is 99.6 Å². The lowest BCUT2D eigenvalue weighted by Gasteiger charge is -2.26. The number of primary amides is 1. The molecule has 0 aliphatic heterocycles. The van der Waals surface area contributed by atoms with Crippen LogP contribution >= 0.6 is 22.9 Å². The predicted octanol–water partition coefficient (Wildman–Crippen LogP) is 5.34. The summed E-state index contributed by atoms with van der Waals surface area (Å²) >= 11 is 6.78. The number of nitrogens with two attached hydrogens (primary N) is 2. The molecule has 0 saturated carbocycles. The second-order valence-electron chi connectivity index (χ2n) is 7.89. The molecule has 0 fully saturated rings. The third-order valence-electron chi connectivity index (χ3n) is 5.40. The Kier molecular flexibility index (Phi) is 7.52. The molecule has 1 aromatic heterocycles. The molecule has 7 nitrogen and oxygen atoms in total. The van der Waals surface area contributed by atoms with E-state index in [1.54, 1.807) is 31.2 Å². The summed E-state index contributed by atoms with van der Waals surface area (Å²) in [6, 6.07) is 19.5. The number of hydrogen-bond acceptors (Lipinski definition) is 7. The van der Waals surface area contributed by atoms with Gasteiger partial charge < -0.3 is 21.1 Å². The van der Waals surface area contributed by atoms with Crippen LogP contribution in [0.4, 0.5) is 21.0 Å². The van der Waals surface area contributed by atoms with E-state index in [9.17, 15) is 14.0 Å². The molecule has 1 amide bonds. The van der Waals surface area contributed by atoms with Gasteiger partial charge in [0.1, 0.15) is 34.9 Å². The standard InChI is InChI=1S/C26H22ClFN4O3S/c1-15(25(30)34)32(18-9-12-20(27)21(28)13-18)26-31-24(29)23(36-26)22(33)17-7-10-19(11-8-17)35-14-16-5-3-2-4-6-16/h2-13,15H,14,29H2,1H3,(H2,30,34)/t15-/m0/s1. The number of nitrogen functional groups attached to an aromatic ring is 1. The molecule has 0 spiro atoms. The summed E-state index contributed by atoms with van der Waals surface area (Å²) in [7, 11) is 0. The number of anilines is 3. The summed E-state index contributed by atoms with van der Waals surface area (Å²) in [5.74, 6) is -1.09. The van der Waals surface area contributed by atoms with Gasteiger partial charge in [-0.2, -0.15) is 0 Å². The number of rotatable bonds is 9. The van der Waals surface area contributed by atoms with Crippen molar-refractivity contribution in [3.63, 3.8) is 0 Å². The number of nitrogens with zero attached hydrogens (tertiary/aromatic N) is 2. The molecule has 4 aromatic rings. The van der Waals surface area contributed by atoms with E-state index in [-0.39, 0.29) is 32.3 Å². The van der Waals surface area contributed by atoms with Crippen molar-refractivity contribution in [3.8, 4) is 5.75 Å². The van der Waals surface area contributed by atoms with Gasteiger partial charge in [-0.1, -0.05) is 53.3 Å². The Balaban J connectivity index is 1.58. The van der Waals surface area contributed by atoms with Crippen LogP contribution in [0.1, 0.15) is 27.7 Å². The van der Waals surface area contributed by atoms with E-state index in [1.807, 2.05) is 30.3 Å². The highest BCUT2D eigenvalue weighted by Gasteiger charge is 2.28. The molecule has 36 heavy (non-hydrogen) atoms. The molecule has 4 N–H and O–H groups in total. The molecule has 0 unspecified atom stereocenters. The zero-order valence-electron chi connectivity index (χ0n) is 19.2. The van der Waals surface area contributed by atoms with E-state index < -0.39 is 17.8 Å². The Hall–Kier alpha value is -3.95. The Morgan fingerprint density at radius 3 is 2.44 bits per heavy atom. The monoisotopic (exact) mass is 524 g/mol. The van der Waals surface area contributed by atoms with Gasteiger partial charge in [-0.25, -0.2) is 9.37 Å². The van der Waals surface area contributed by atoms with E-state index in [4.69, 9.17) is 27.8 Å². The van der Waals surface area contributed by atoms with Crippen molar-refractivity contribution in [2.75, 3.05) is 10.6 Å². The average Bonchev–Trinajstić information content (AvgIpc) is 3.26. The number of benzene rings is 3. The Morgan fingerprint density at radius 1 is 1.11 bits per heavy atom. The maximum absolute atomic E-state index is 14.2.